The predicted molar refractivity (Wildman–Crippen MR) is 301 cm³/mol. The van der Waals surface area contributed by atoms with E-state index in [2.05, 4.69) is 287 Å². The van der Waals surface area contributed by atoms with E-state index in [9.17, 15) is 0 Å². The Hall–Kier alpha value is -9.44. The van der Waals surface area contributed by atoms with Crippen molar-refractivity contribution in [3.8, 4) is 44.8 Å². The van der Waals surface area contributed by atoms with Gasteiger partial charge in [-0.2, -0.15) is 0 Å². The number of para-hydroxylation sites is 6. The Bertz CT molecular complexity index is 4070. The van der Waals surface area contributed by atoms with Gasteiger partial charge in [-0.25, -0.2) is 0 Å². The van der Waals surface area contributed by atoms with E-state index in [1.54, 1.807) is 0 Å². The van der Waals surface area contributed by atoms with E-state index < -0.39 is 0 Å². The smallest absolute Gasteiger partial charge is 0.0619 e. The van der Waals surface area contributed by atoms with Crippen molar-refractivity contribution in [3.63, 3.8) is 0 Å². The molecule has 3 heteroatoms. The second-order valence-corrected chi connectivity index (χ2v) is 18.5. The fourth-order valence-electron chi connectivity index (χ4n) is 11.3. The summed E-state index contributed by atoms with van der Waals surface area (Å²) in [7, 11) is 0. The van der Waals surface area contributed by atoms with Gasteiger partial charge in [0.15, 0.2) is 0 Å². The number of anilines is 3. The first-order valence-corrected chi connectivity index (χ1v) is 24.4. The lowest BCUT2D eigenvalue weighted by atomic mass is 9.88. The molecule has 0 aliphatic rings. The molecular weight excluding hydrogens is 859 g/mol. The predicted octanol–water partition coefficient (Wildman–Crippen LogP) is 18.7. The standard InChI is InChI=1S/C68H45N3/c1-5-23-50(24-6-1)69(51-25-7-2-8-26-51)54-31-21-22-46(43-54)47-40-48(61-44-63-57-34-17-19-38-65(57)70(52-27-9-3-10-28-52)67(63)59-36-15-13-32-55(59)61)42-49(41-47)62-45-64-58-35-18-20-39-66(58)71(53-29-11-4-12-30-53)68(64)60-37-16-14-33-56(60)62/h1-45H. The molecule has 2 heterocycles. The first-order chi connectivity index (χ1) is 35.2. The summed E-state index contributed by atoms with van der Waals surface area (Å²) in [6, 6.07) is 99.9. The Morgan fingerprint density at radius 1 is 0.225 bits per heavy atom. The maximum atomic E-state index is 2.46. The average molecular weight is 904 g/mol. The highest BCUT2D eigenvalue weighted by Gasteiger charge is 2.22. The molecule has 0 aliphatic heterocycles. The van der Waals surface area contributed by atoms with Gasteiger partial charge in [-0.1, -0.05) is 170 Å². The monoisotopic (exact) mass is 903 g/mol. The molecule has 332 valence electrons. The second kappa shape index (κ2) is 16.7. The molecule has 3 nitrogen and oxygen atoms in total. The first kappa shape index (κ1) is 40.6. The number of hydrogen-bond donors (Lipinski definition) is 0. The van der Waals surface area contributed by atoms with Gasteiger partial charge in [-0.05, 0) is 147 Å². The third kappa shape index (κ3) is 6.66. The molecule has 14 aromatic rings. The van der Waals surface area contributed by atoms with Gasteiger partial charge in [0, 0.05) is 60.8 Å². The van der Waals surface area contributed by atoms with Gasteiger partial charge in [0.2, 0.25) is 0 Å². The molecule has 0 bridgehead atoms. The Balaban J connectivity index is 1.07. The van der Waals surface area contributed by atoms with Gasteiger partial charge in [-0.15, -0.1) is 0 Å². The van der Waals surface area contributed by atoms with E-state index in [-0.39, 0.29) is 0 Å². The van der Waals surface area contributed by atoms with Crippen molar-refractivity contribution >= 4 is 82.2 Å². The zero-order valence-corrected chi connectivity index (χ0v) is 38.8. The van der Waals surface area contributed by atoms with Crippen molar-refractivity contribution in [2.45, 2.75) is 0 Å². The summed E-state index contributed by atoms with van der Waals surface area (Å²) in [5, 5.41) is 9.78. The van der Waals surface area contributed by atoms with Crippen LogP contribution in [0.1, 0.15) is 0 Å². The van der Waals surface area contributed by atoms with Crippen LogP contribution in [0, 0.1) is 0 Å². The van der Waals surface area contributed by atoms with Crippen molar-refractivity contribution in [3.05, 3.63) is 273 Å². The average Bonchev–Trinajstić information content (AvgIpc) is 3.97. The molecule has 0 aliphatic carbocycles. The van der Waals surface area contributed by atoms with Crippen LogP contribution in [0.15, 0.2) is 273 Å². The molecule has 0 radical (unpaired) electrons. The Kier molecular flexibility index (Phi) is 9.53. The maximum Gasteiger partial charge on any atom is 0.0619 e. The van der Waals surface area contributed by atoms with Crippen LogP contribution in [-0.2, 0) is 0 Å². The van der Waals surface area contributed by atoms with Gasteiger partial charge >= 0.3 is 0 Å². The molecule has 2 aromatic heterocycles. The highest BCUT2D eigenvalue weighted by atomic mass is 15.1. The van der Waals surface area contributed by atoms with Crippen LogP contribution in [0.3, 0.4) is 0 Å². The minimum Gasteiger partial charge on any atom is -0.310 e. The number of hydrogen-bond acceptors (Lipinski definition) is 1. The molecular formula is C68H45N3. The van der Waals surface area contributed by atoms with Gasteiger partial charge in [-0.3, -0.25) is 0 Å². The topological polar surface area (TPSA) is 13.1 Å². The van der Waals surface area contributed by atoms with Crippen LogP contribution in [0.5, 0.6) is 0 Å². The first-order valence-electron chi connectivity index (χ1n) is 24.4. The summed E-state index contributed by atoms with van der Waals surface area (Å²) < 4.78 is 4.89. The van der Waals surface area contributed by atoms with Gasteiger partial charge in [0.25, 0.3) is 0 Å². The number of aromatic nitrogens is 2. The van der Waals surface area contributed by atoms with Crippen LogP contribution in [-0.4, -0.2) is 9.13 Å². The maximum absolute atomic E-state index is 2.46. The zero-order chi connectivity index (χ0) is 46.8. The fraction of sp³-hybridized carbons (Fsp3) is 0. The molecule has 0 spiro atoms. The second-order valence-electron chi connectivity index (χ2n) is 18.5. The summed E-state index contributed by atoms with van der Waals surface area (Å²) in [6.07, 6.45) is 0. The number of fused-ring (bicyclic) bond motifs is 10. The van der Waals surface area contributed by atoms with E-state index in [0.29, 0.717) is 0 Å². The number of benzene rings is 12. The molecule has 71 heavy (non-hydrogen) atoms. The molecule has 0 saturated carbocycles. The van der Waals surface area contributed by atoms with E-state index in [1.807, 2.05) is 0 Å². The molecule has 0 N–H and O–H groups in total. The van der Waals surface area contributed by atoms with Crippen LogP contribution in [0.25, 0.3) is 110 Å². The molecule has 0 atom stereocenters. The largest absolute Gasteiger partial charge is 0.310 e. The van der Waals surface area contributed by atoms with Crippen LogP contribution in [0.4, 0.5) is 17.1 Å². The molecule has 12 aromatic carbocycles. The third-order valence-electron chi connectivity index (χ3n) is 14.4. The summed E-state index contributed by atoms with van der Waals surface area (Å²) in [5.41, 5.74) is 17.4. The SMILES string of the molecule is c1ccc(N(c2ccccc2)c2cccc(-c3cc(-c4cc5c6ccccc6n(-c6ccccc6)c5c5ccccc45)cc(-c4cc5c6ccccc6n(-c6ccccc6)c5c5ccccc45)c3)c2)cc1. The van der Waals surface area contributed by atoms with Crippen molar-refractivity contribution < 1.29 is 0 Å². The summed E-state index contributed by atoms with van der Waals surface area (Å²) >= 11 is 0. The molecule has 0 unspecified atom stereocenters. The van der Waals surface area contributed by atoms with E-state index in [1.165, 1.54) is 76.3 Å². The quantitative estimate of drug-likeness (QED) is 0.148. The van der Waals surface area contributed by atoms with Crippen molar-refractivity contribution in [2.24, 2.45) is 0 Å². The lowest BCUT2D eigenvalue weighted by molar-refractivity contribution is 1.19. The Morgan fingerprint density at radius 3 is 1.06 bits per heavy atom. The number of rotatable bonds is 8. The molecule has 0 fully saturated rings. The highest BCUT2D eigenvalue weighted by molar-refractivity contribution is 6.24. The van der Waals surface area contributed by atoms with E-state index in [4.69, 9.17) is 0 Å². The zero-order valence-electron chi connectivity index (χ0n) is 38.8. The van der Waals surface area contributed by atoms with Crippen LogP contribution in [0.2, 0.25) is 0 Å². The van der Waals surface area contributed by atoms with Crippen molar-refractivity contribution in [1.82, 2.24) is 9.13 Å². The van der Waals surface area contributed by atoms with Crippen molar-refractivity contribution in [1.29, 1.82) is 0 Å². The van der Waals surface area contributed by atoms with Gasteiger partial charge in [0.05, 0.1) is 22.1 Å². The lowest BCUT2D eigenvalue weighted by Gasteiger charge is -2.26. The molecule has 0 amide bonds. The van der Waals surface area contributed by atoms with Crippen LogP contribution < -0.4 is 4.90 Å². The molecule has 0 saturated heterocycles. The van der Waals surface area contributed by atoms with E-state index in [0.717, 1.165) is 50.7 Å². The number of nitrogens with zero attached hydrogens (tertiary/aromatic N) is 3. The van der Waals surface area contributed by atoms with Gasteiger partial charge in [0.1, 0.15) is 0 Å². The normalized spacial score (nSPS) is 11.7. The summed E-state index contributed by atoms with van der Waals surface area (Å²) in [4.78, 5) is 2.35. The third-order valence-corrected chi connectivity index (χ3v) is 14.4. The van der Waals surface area contributed by atoms with Crippen molar-refractivity contribution in [2.75, 3.05) is 4.90 Å². The Labute approximate surface area is 412 Å². The summed E-state index contributed by atoms with van der Waals surface area (Å²) in [5.74, 6) is 0. The lowest BCUT2D eigenvalue weighted by Crippen LogP contribution is -2.09. The minimum atomic E-state index is 1.09. The fourth-order valence-corrected chi connectivity index (χ4v) is 11.3. The molecule has 14 rings (SSSR count). The minimum absolute atomic E-state index is 1.09. The van der Waals surface area contributed by atoms with Gasteiger partial charge < -0.3 is 14.0 Å². The highest BCUT2D eigenvalue weighted by Crippen LogP contribution is 2.47. The Morgan fingerprint density at radius 2 is 0.592 bits per heavy atom. The van der Waals surface area contributed by atoms with E-state index >= 15 is 0 Å². The summed E-state index contributed by atoms with van der Waals surface area (Å²) in [6.45, 7) is 0. The van der Waals surface area contributed by atoms with Crippen LogP contribution >= 0.6 is 0 Å².